The molecule has 91 heavy (non-hydrogen) atoms. The maximum Gasteiger partial charge on any atom is 0.342 e. The van der Waals surface area contributed by atoms with Gasteiger partial charge in [0.25, 0.3) is 0 Å². The van der Waals surface area contributed by atoms with E-state index in [0.717, 1.165) is 15.8 Å². The van der Waals surface area contributed by atoms with Crippen molar-refractivity contribution in [2.24, 2.45) is 0 Å². The number of benzene rings is 4. The highest BCUT2D eigenvalue weighted by Gasteiger charge is 2.42. The zero-order chi connectivity index (χ0) is 67.4. The minimum Gasteiger partial charge on any atom is -0.478 e. The monoisotopic (exact) mass is 1400 g/mol. The van der Waals surface area contributed by atoms with E-state index < -0.39 is 42.9 Å². The lowest BCUT2D eigenvalue weighted by atomic mass is 10.0. The van der Waals surface area contributed by atoms with Crippen LogP contribution in [-0.2, 0) is 68.1 Å². The largest absolute Gasteiger partial charge is 0.478 e. The predicted molar refractivity (Wildman–Crippen MR) is 341 cm³/mol. The zero-order valence-electron chi connectivity index (χ0n) is 55.9. The quantitative estimate of drug-likeness (QED) is 0.0411. The fourth-order valence-electron chi connectivity index (χ4n) is 8.20. The molecule has 0 aliphatic carbocycles. The third kappa shape index (κ3) is 17.7. The van der Waals surface area contributed by atoms with E-state index in [0.29, 0.717) is 86.4 Å². The number of carboxylic acids is 1. The summed E-state index contributed by atoms with van der Waals surface area (Å²) >= 11 is 3.60. The molecule has 29 heteroatoms. The summed E-state index contributed by atoms with van der Waals surface area (Å²) in [5, 5.41) is 9.88. The molecular formula is C62H89BrO25Si3. The van der Waals surface area contributed by atoms with Crippen molar-refractivity contribution in [2.75, 3.05) is 89.9 Å². The summed E-state index contributed by atoms with van der Waals surface area (Å²) in [5.41, 5.74) is 3.27. The van der Waals surface area contributed by atoms with Crippen LogP contribution in [0.3, 0.4) is 0 Å². The van der Waals surface area contributed by atoms with Crippen molar-refractivity contribution >= 4 is 58.8 Å². The number of fused-ring (bicyclic) bond motifs is 6. The van der Waals surface area contributed by atoms with Crippen LogP contribution in [-0.4, -0.2) is 138 Å². The van der Waals surface area contributed by atoms with Crippen molar-refractivity contribution in [1.82, 2.24) is 0 Å². The molecule has 9 rings (SSSR count). The van der Waals surface area contributed by atoms with Gasteiger partial charge in [0, 0.05) is 69.4 Å². The van der Waals surface area contributed by atoms with E-state index in [1.54, 1.807) is 25.3 Å². The van der Waals surface area contributed by atoms with Crippen LogP contribution in [0.4, 0.5) is 0 Å². The zero-order valence-corrected chi connectivity index (χ0v) is 60.5. The van der Waals surface area contributed by atoms with Gasteiger partial charge in [-0.05, 0) is 70.3 Å². The lowest BCUT2D eigenvalue weighted by Crippen LogP contribution is -2.40. The molecule has 0 fully saturated rings. The number of aromatic carboxylic acids is 1. The van der Waals surface area contributed by atoms with Gasteiger partial charge in [-0.2, -0.15) is 0 Å². The first kappa shape index (κ1) is 73.8. The standard InChI is InChI=1S/C18H28O7Si.C17H26O7Si.C16H25BrO5Si.C11H10O6/c1-18(2,3)26(6,7)25-9-12-15(17(19)21-5)13(22-10-20-4)8-14-16(12)24-11-23-14;1-17(2,3)25(5,6)24-8-11-14(16(18)19)12(21-9-20-4)7-13-15(11)23-10-22-13;1-16(2,3)23(5,6)22-8-11-14(17)12(19-9-18-4)7-13-15(11)21-10-20-13;1-13-4-15-7-2-8-10(17-5-16-8)6-3-14-11(12)9(6)7/h8H,9-11H2,1-7H3;7H,8-10H2,1-6H3,(H,18,19);7H,8-10H2,1-6H3;2H,3-5H2,1H3. The Morgan fingerprint density at radius 2 is 0.802 bits per heavy atom. The molecule has 0 atom stereocenters. The molecule has 4 aromatic carbocycles. The Bertz CT molecular complexity index is 3200. The molecule has 0 unspecified atom stereocenters. The molecule has 0 amide bonds. The summed E-state index contributed by atoms with van der Waals surface area (Å²) in [6.07, 6.45) is 0. The summed E-state index contributed by atoms with van der Waals surface area (Å²) in [7, 11) is 1.40. The van der Waals surface area contributed by atoms with Crippen LogP contribution in [0.5, 0.6) is 69.0 Å². The van der Waals surface area contributed by atoms with Gasteiger partial charge >= 0.3 is 17.9 Å². The summed E-state index contributed by atoms with van der Waals surface area (Å²) < 4.78 is 115. The number of carbonyl (C=O) groups excluding carboxylic acids is 2. The van der Waals surface area contributed by atoms with Gasteiger partial charge in [0.05, 0.1) is 37.0 Å². The van der Waals surface area contributed by atoms with E-state index in [2.05, 4.69) is 118 Å². The number of hydrogen-bond acceptors (Lipinski definition) is 24. The van der Waals surface area contributed by atoms with Crippen molar-refractivity contribution in [1.29, 1.82) is 0 Å². The smallest absolute Gasteiger partial charge is 0.342 e. The molecule has 0 radical (unpaired) electrons. The minimum absolute atomic E-state index is 0.00107. The van der Waals surface area contributed by atoms with Crippen LogP contribution in [0.1, 0.15) is 116 Å². The van der Waals surface area contributed by atoms with Crippen LogP contribution in [0.2, 0.25) is 54.4 Å². The van der Waals surface area contributed by atoms with E-state index in [9.17, 15) is 19.5 Å². The number of ether oxygens (including phenoxy) is 18. The lowest BCUT2D eigenvalue weighted by molar-refractivity contribution is 0.0451. The van der Waals surface area contributed by atoms with Crippen molar-refractivity contribution in [2.45, 2.75) is 143 Å². The number of halogens is 1. The van der Waals surface area contributed by atoms with Gasteiger partial charge in [0.2, 0.25) is 27.2 Å². The fraction of sp³-hybridized carbons (Fsp3) is 0.565. The Kier molecular flexibility index (Phi) is 25.2. The van der Waals surface area contributed by atoms with Gasteiger partial charge in [-0.15, -0.1) is 0 Å². The summed E-state index contributed by atoms with van der Waals surface area (Å²) in [6, 6.07) is 6.55. The summed E-state index contributed by atoms with van der Waals surface area (Å²) in [5.74, 6) is 3.88. The number of hydrogen-bond donors (Lipinski definition) is 1. The highest BCUT2D eigenvalue weighted by Crippen LogP contribution is 2.50. The second-order valence-electron chi connectivity index (χ2n) is 25.5. The third-order valence-corrected chi connectivity index (χ3v) is 30.8. The van der Waals surface area contributed by atoms with Gasteiger partial charge < -0.3 is 104 Å². The van der Waals surface area contributed by atoms with Gasteiger partial charge in [-0.25, -0.2) is 14.4 Å². The average Bonchev–Trinajstić information content (AvgIpc) is 1.75. The van der Waals surface area contributed by atoms with E-state index in [4.69, 9.17) is 98.5 Å². The third-order valence-electron chi connectivity index (χ3n) is 16.5. The molecule has 506 valence electrons. The van der Waals surface area contributed by atoms with E-state index in [-0.39, 0.29) is 106 Å². The first-order chi connectivity index (χ1) is 42.7. The van der Waals surface area contributed by atoms with Crippen LogP contribution < -0.4 is 56.8 Å². The molecule has 5 aliphatic rings. The van der Waals surface area contributed by atoms with Crippen molar-refractivity contribution in [3.8, 4) is 69.0 Å². The second kappa shape index (κ2) is 31.1. The molecule has 25 nitrogen and oxygen atoms in total. The maximum atomic E-state index is 12.5. The highest BCUT2D eigenvalue weighted by atomic mass is 79.9. The minimum atomic E-state index is -2.08. The molecule has 0 saturated heterocycles. The number of cyclic esters (lactones) is 1. The molecule has 5 aliphatic heterocycles. The summed E-state index contributed by atoms with van der Waals surface area (Å²) in [6.45, 7) is 34.0. The maximum absolute atomic E-state index is 12.5. The van der Waals surface area contributed by atoms with E-state index in [1.807, 2.05) is 0 Å². The molecule has 1 N–H and O–H groups in total. The number of rotatable bonds is 23. The Labute approximate surface area is 544 Å². The van der Waals surface area contributed by atoms with Gasteiger partial charge in [0.1, 0.15) is 46.3 Å². The Morgan fingerprint density at radius 1 is 0.473 bits per heavy atom. The number of carboxylic acid groups (broad SMARTS) is 1. The average molecular weight is 1400 g/mol. The number of methoxy groups -OCH3 is 5. The van der Waals surface area contributed by atoms with Crippen molar-refractivity contribution in [3.05, 3.63) is 67.7 Å². The van der Waals surface area contributed by atoms with Gasteiger partial charge in [-0.3, -0.25) is 0 Å². The predicted octanol–water partition coefficient (Wildman–Crippen LogP) is 13.1. The van der Waals surface area contributed by atoms with Crippen LogP contribution in [0, 0.1) is 0 Å². The van der Waals surface area contributed by atoms with Crippen LogP contribution >= 0.6 is 15.9 Å². The molecule has 0 saturated carbocycles. The van der Waals surface area contributed by atoms with E-state index in [1.165, 1.54) is 34.5 Å². The Hall–Kier alpha value is -6.26. The first-order valence-corrected chi connectivity index (χ1v) is 38.6. The highest BCUT2D eigenvalue weighted by molar-refractivity contribution is 9.10. The topological polar surface area (TPSA) is 265 Å². The number of esters is 2. The van der Waals surface area contributed by atoms with E-state index >= 15 is 0 Å². The van der Waals surface area contributed by atoms with Gasteiger partial charge in [0.15, 0.2) is 98.1 Å². The number of carbonyl (C=O) groups is 3. The van der Waals surface area contributed by atoms with Crippen LogP contribution in [0.15, 0.2) is 28.7 Å². The molecule has 0 bridgehead atoms. The van der Waals surface area contributed by atoms with Crippen molar-refractivity contribution in [3.63, 3.8) is 0 Å². The Balaban J connectivity index is 0.000000195. The molecule has 0 aromatic heterocycles. The van der Waals surface area contributed by atoms with Gasteiger partial charge in [-0.1, -0.05) is 62.3 Å². The molecular weight excluding hydrogens is 1310 g/mol. The molecule has 4 aromatic rings. The van der Waals surface area contributed by atoms with Crippen molar-refractivity contribution < 1.29 is 118 Å². The lowest BCUT2D eigenvalue weighted by Gasteiger charge is -2.36. The normalized spacial score (nSPS) is 14.2. The first-order valence-electron chi connectivity index (χ1n) is 29.0. The van der Waals surface area contributed by atoms with Crippen LogP contribution in [0.25, 0.3) is 0 Å². The Morgan fingerprint density at radius 3 is 1.20 bits per heavy atom. The second-order valence-corrected chi connectivity index (χ2v) is 40.7. The molecule has 0 spiro atoms. The molecule has 5 heterocycles. The summed E-state index contributed by atoms with van der Waals surface area (Å²) in [4.78, 5) is 35.9. The fourth-order valence-corrected chi connectivity index (χ4v) is 11.5. The SMILES string of the molecule is COCOc1cc2c(c(CO[Si](C)(C)C(C)(C)C)c1Br)OCO2.COCOc1cc2c(c(CO[Si](C)(C)C(C)(C)C)c1C(=O)O)OCO2.COCOc1cc2c(c(CO[Si](C)(C)C(C)(C)C)c1C(=O)OC)OCO2.COCOc1cc2c(c3c1C(=O)OC3)OCO2.